The van der Waals surface area contributed by atoms with Crippen LogP contribution in [-0.2, 0) is 4.79 Å². The van der Waals surface area contributed by atoms with Gasteiger partial charge in [-0.25, -0.2) is 0 Å². The van der Waals surface area contributed by atoms with E-state index in [2.05, 4.69) is 5.32 Å². The van der Waals surface area contributed by atoms with Gasteiger partial charge in [0.05, 0.1) is 13.7 Å². The SMILES string of the molecule is COc1cc(C=O)ccc1OCCCNC(C)=O. The number of methoxy groups -OCH3 is 1. The second-order valence-electron chi connectivity index (χ2n) is 3.71. The Kier molecular flexibility index (Phi) is 5.70. The minimum Gasteiger partial charge on any atom is -0.493 e. The van der Waals surface area contributed by atoms with Gasteiger partial charge < -0.3 is 14.8 Å². The van der Waals surface area contributed by atoms with Crippen molar-refractivity contribution >= 4 is 12.2 Å². The van der Waals surface area contributed by atoms with E-state index in [1.54, 1.807) is 18.2 Å². The van der Waals surface area contributed by atoms with Gasteiger partial charge in [0, 0.05) is 19.0 Å². The molecule has 0 atom stereocenters. The van der Waals surface area contributed by atoms with Crippen LogP contribution in [0.3, 0.4) is 0 Å². The summed E-state index contributed by atoms with van der Waals surface area (Å²) in [6.07, 6.45) is 1.46. The summed E-state index contributed by atoms with van der Waals surface area (Å²) in [4.78, 5) is 21.3. The number of rotatable bonds is 7. The average Bonchev–Trinajstić information content (AvgIpc) is 2.38. The Hall–Kier alpha value is -2.04. The van der Waals surface area contributed by atoms with Gasteiger partial charge >= 0.3 is 0 Å². The lowest BCUT2D eigenvalue weighted by Crippen LogP contribution is -2.22. The molecule has 5 nitrogen and oxygen atoms in total. The molecule has 0 radical (unpaired) electrons. The standard InChI is InChI=1S/C13H17NO4/c1-10(16)14-6-3-7-18-12-5-4-11(9-15)8-13(12)17-2/h4-5,8-9H,3,6-7H2,1-2H3,(H,14,16). The Labute approximate surface area is 106 Å². The molecule has 1 aromatic rings. The molecule has 0 aliphatic heterocycles. The molecule has 0 saturated carbocycles. The molecular formula is C13H17NO4. The highest BCUT2D eigenvalue weighted by Crippen LogP contribution is 2.27. The third kappa shape index (κ3) is 4.45. The molecule has 0 saturated heterocycles. The van der Waals surface area contributed by atoms with E-state index in [1.807, 2.05) is 0 Å². The van der Waals surface area contributed by atoms with Crippen molar-refractivity contribution in [3.8, 4) is 11.5 Å². The van der Waals surface area contributed by atoms with Crippen molar-refractivity contribution in [2.24, 2.45) is 0 Å². The molecule has 0 spiro atoms. The summed E-state index contributed by atoms with van der Waals surface area (Å²) in [7, 11) is 1.52. The quantitative estimate of drug-likeness (QED) is 0.588. The molecule has 98 valence electrons. The summed E-state index contributed by atoms with van der Waals surface area (Å²) in [6.45, 7) is 2.52. The predicted molar refractivity (Wildman–Crippen MR) is 67.2 cm³/mol. The third-order valence-electron chi connectivity index (χ3n) is 2.28. The van der Waals surface area contributed by atoms with E-state index in [4.69, 9.17) is 9.47 Å². The fourth-order valence-corrected chi connectivity index (χ4v) is 1.40. The minimum atomic E-state index is -0.0529. The molecule has 18 heavy (non-hydrogen) atoms. The van der Waals surface area contributed by atoms with Crippen molar-refractivity contribution < 1.29 is 19.1 Å². The molecule has 0 aliphatic rings. The van der Waals surface area contributed by atoms with E-state index in [9.17, 15) is 9.59 Å². The zero-order valence-electron chi connectivity index (χ0n) is 10.6. The predicted octanol–water partition coefficient (Wildman–Crippen LogP) is 1.41. The molecular weight excluding hydrogens is 234 g/mol. The molecule has 0 aliphatic carbocycles. The average molecular weight is 251 g/mol. The lowest BCUT2D eigenvalue weighted by molar-refractivity contribution is -0.118. The topological polar surface area (TPSA) is 64.6 Å². The largest absolute Gasteiger partial charge is 0.493 e. The molecule has 0 bridgehead atoms. The third-order valence-corrected chi connectivity index (χ3v) is 2.28. The van der Waals surface area contributed by atoms with Gasteiger partial charge in [0.1, 0.15) is 6.29 Å². The first-order chi connectivity index (χ1) is 8.67. The van der Waals surface area contributed by atoms with Crippen LogP contribution < -0.4 is 14.8 Å². The Morgan fingerprint density at radius 1 is 1.39 bits per heavy atom. The lowest BCUT2D eigenvalue weighted by atomic mass is 10.2. The number of carbonyl (C=O) groups is 2. The zero-order valence-corrected chi connectivity index (χ0v) is 10.6. The van der Waals surface area contributed by atoms with Gasteiger partial charge in [-0.15, -0.1) is 0 Å². The molecule has 5 heteroatoms. The number of benzene rings is 1. The Morgan fingerprint density at radius 3 is 2.78 bits per heavy atom. The molecule has 0 aromatic heterocycles. The van der Waals surface area contributed by atoms with E-state index in [1.165, 1.54) is 14.0 Å². The summed E-state index contributed by atoms with van der Waals surface area (Å²) >= 11 is 0. The highest BCUT2D eigenvalue weighted by molar-refractivity contribution is 5.76. The van der Waals surface area contributed by atoms with Gasteiger partial charge in [-0.2, -0.15) is 0 Å². The van der Waals surface area contributed by atoms with Crippen LogP contribution in [0, 0.1) is 0 Å². The fourth-order valence-electron chi connectivity index (χ4n) is 1.40. The van der Waals surface area contributed by atoms with Crippen molar-refractivity contribution in [1.82, 2.24) is 5.32 Å². The maximum Gasteiger partial charge on any atom is 0.216 e. The summed E-state index contributed by atoms with van der Waals surface area (Å²) in [6, 6.07) is 4.98. The number of aldehydes is 1. The van der Waals surface area contributed by atoms with Gasteiger partial charge in [0.2, 0.25) is 5.91 Å². The minimum absolute atomic E-state index is 0.0529. The summed E-state index contributed by atoms with van der Waals surface area (Å²) < 4.78 is 10.6. The zero-order chi connectivity index (χ0) is 13.4. The number of hydrogen-bond donors (Lipinski definition) is 1. The molecule has 0 fully saturated rings. The van der Waals surface area contributed by atoms with Crippen LogP contribution in [0.4, 0.5) is 0 Å². The van der Waals surface area contributed by atoms with Gasteiger partial charge in [-0.1, -0.05) is 0 Å². The Bertz CT molecular complexity index is 417. The molecule has 0 unspecified atom stereocenters. The van der Waals surface area contributed by atoms with Crippen LogP contribution in [0.1, 0.15) is 23.7 Å². The van der Waals surface area contributed by atoms with Gasteiger partial charge in [0.25, 0.3) is 0 Å². The molecule has 0 heterocycles. The first-order valence-corrected chi connectivity index (χ1v) is 5.68. The second-order valence-corrected chi connectivity index (χ2v) is 3.71. The van der Waals surface area contributed by atoms with Crippen molar-refractivity contribution in [1.29, 1.82) is 0 Å². The number of amides is 1. The van der Waals surface area contributed by atoms with E-state index in [0.717, 1.165) is 6.29 Å². The lowest BCUT2D eigenvalue weighted by Gasteiger charge is -2.11. The van der Waals surface area contributed by atoms with E-state index >= 15 is 0 Å². The first kappa shape index (κ1) is 14.0. The summed E-state index contributed by atoms with van der Waals surface area (Å²) in [5, 5.41) is 2.68. The van der Waals surface area contributed by atoms with Crippen LogP contribution >= 0.6 is 0 Å². The molecule has 1 aromatic carbocycles. The van der Waals surface area contributed by atoms with Crippen LogP contribution in [0.15, 0.2) is 18.2 Å². The Morgan fingerprint density at radius 2 is 2.17 bits per heavy atom. The number of ether oxygens (including phenoxy) is 2. The fraction of sp³-hybridized carbons (Fsp3) is 0.385. The van der Waals surface area contributed by atoms with Crippen LogP contribution in [0.2, 0.25) is 0 Å². The number of hydrogen-bond acceptors (Lipinski definition) is 4. The second kappa shape index (κ2) is 7.32. The van der Waals surface area contributed by atoms with Gasteiger partial charge in [-0.3, -0.25) is 9.59 Å². The Balaban J connectivity index is 2.46. The summed E-state index contributed by atoms with van der Waals surface area (Å²) in [5.74, 6) is 1.06. The summed E-state index contributed by atoms with van der Waals surface area (Å²) in [5.41, 5.74) is 0.539. The van der Waals surface area contributed by atoms with E-state index in [0.29, 0.717) is 36.6 Å². The smallest absolute Gasteiger partial charge is 0.216 e. The maximum atomic E-state index is 10.6. The number of nitrogens with one attached hydrogen (secondary N) is 1. The van der Waals surface area contributed by atoms with Crippen molar-refractivity contribution in [3.63, 3.8) is 0 Å². The molecule has 1 N–H and O–H groups in total. The normalized spacial score (nSPS) is 9.67. The van der Waals surface area contributed by atoms with E-state index < -0.39 is 0 Å². The highest BCUT2D eigenvalue weighted by atomic mass is 16.5. The van der Waals surface area contributed by atoms with Crippen molar-refractivity contribution in [2.45, 2.75) is 13.3 Å². The maximum absolute atomic E-state index is 10.6. The van der Waals surface area contributed by atoms with Gasteiger partial charge in [-0.05, 0) is 24.6 Å². The van der Waals surface area contributed by atoms with Crippen molar-refractivity contribution in [2.75, 3.05) is 20.3 Å². The number of carbonyl (C=O) groups excluding carboxylic acids is 2. The monoisotopic (exact) mass is 251 g/mol. The van der Waals surface area contributed by atoms with Crippen molar-refractivity contribution in [3.05, 3.63) is 23.8 Å². The molecule has 1 amide bonds. The van der Waals surface area contributed by atoms with Crippen LogP contribution in [0.5, 0.6) is 11.5 Å². The van der Waals surface area contributed by atoms with Crippen LogP contribution in [-0.4, -0.2) is 32.5 Å². The highest BCUT2D eigenvalue weighted by Gasteiger charge is 2.05. The van der Waals surface area contributed by atoms with Crippen LogP contribution in [0.25, 0.3) is 0 Å². The molecule has 1 rings (SSSR count). The van der Waals surface area contributed by atoms with E-state index in [-0.39, 0.29) is 5.91 Å². The van der Waals surface area contributed by atoms with Gasteiger partial charge in [0.15, 0.2) is 11.5 Å². The first-order valence-electron chi connectivity index (χ1n) is 5.68.